The molecule has 0 spiro atoms. The van der Waals surface area contributed by atoms with Crippen LogP contribution in [0.25, 0.3) is 0 Å². The van der Waals surface area contributed by atoms with Crippen LogP contribution in [0.3, 0.4) is 0 Å². The van der Waals surface area contributed by atoms with E-state index in [1.54, 1.807) is 7.11 Å². The monoisotopic (exact) mass is 417 g/mol. The Morgan fingerprint density at radius 2 is 1.62 bits per heavy atom. The van der Waals surface area contributed by atoms with Gasteiger partial charge in [-0.3, -0.25) is 0 Å². The van der Waals surface area contributed by atoms with Gasteiger partial charge in [-0.05, 0) is 105 Å². The van der Waals surface area contributed by atoms with Crippen molar-refractivity contribution in [1.29, 1.82) is 0 Å². The van der Waals surface area contributed by atoms with Gasteiger partial charge in [-0.25, -0.2) is 13.1 Å². The Morgan fingerprint density at radius 3 is 2.21 bits per heavy atom. The number of hydrogen-bond donors (Lipinski definition) is 2. The molecule has 0 amide bonds. The van der Waals surface area contributed by atoms with E-state index >= 15 is 0 Å². The number of hydrogen-bond acceptors (Lipinski definition) is 4. The lowest BCUT2D eigenvalue weighted by molar-refractivity contribution is 0.0242. The fourth-order valence-electron chi connectivity index (χ4n) is 4.40. The fourth-order valence-corrected chi connectivity index (χ4v) is 6.09. The second kappa shape index (κ2) is 7.74. The van der Waals surface area contributed by atoms with E-state index in [9.17, 15) is 13.5 Å². The Labute approximate surface area is 174 Å². The molecule has 1 aliphatic rings. The topological polar surface area (TPSA) is 75.6 Å². The lowest BCUT2D eigenvalue weighted by Gasteiger charge is -2.35. The molecule has 1 atom stereocenters. The number of sulfonamides is 1. The summed E-state index contributed by atoms with van der Waals surface area (Å²) in [5, 5.41) is 11.3. The standard InChI is InChI=1S/C23H31NO4S/c1-14-15(2)17(4)22(18(5)16(14)3)29(26,27)24-13-23(25)11-7-8-19-12-20(28-6)9-10-21(19)23/h9-10,12,24-25H,7-8,11,13H2,1-6H3. The Hall–Kier alpha value is -1.89. The molecule has 0 bridgehead atoms. The molecule has 0 fully saturated rings. The van der Waals surface area contributed by atoms with Crippen LogP contribution in [0.2, 0.25) is 0 Å². The number of benzene rings is 2. The van der Waals surface area contributed by atoms with Gasteiger partial charge in [0.2, 0.25) is 10.0 Å². The minimum atomic E-state index is -3.77. The van der Waals surface area contributed by atoms with Crippen molar-refractivity contribution in [3.05, 3.63) is 57.1 Å². The molecule has 5 nitrogen and oxygen atoms in total. The summed E-state index contributed by atoms with van der Waals surface area (Å²) < 4.78 is 34.5. The van der Waals surface area contributed by atoms with E-state index in [-0.39, 0.29) is 6.54 Å². The molecular weight excluding hydrogens is 386 g/mol. The van der Waals surface area contributed by atoms with Crippen molar-refractivity contribution in [2.24, 2.45) is 0 Å². The first-order valence-corrected chi connectivity index (χ1v) is 11.5. The smallest absolute Gasteiger partial charge is 0.241 e. The van der Waals surface area contributed by atoms with Crippen LogP contribution in [0, 0.1) is 34.6 Å². The second-order valence-electron chi connectivity index (χ2n) is 8.19. The molecule has 2 N–H and O–H groups in total. The van der Waals surface area contributed by atoms with Gasteiger partial charge in [0.1, 0.15) is 11.4 Å². The quantitative estimate of drug-likeness (QED) is 0.777. The zero-order valence-electron chi connectivity index (χ0n) is 18.1. The van der Waals surface area contributed by atoms with Gasteiger partial charge >= 0.3 is 0 Å². The number of aryl methyl sites for hydroxylation is 1. The van der Waals surface area contributed by atoms with E-state index in [2.05, 4.69) is 4.72 Å². The fraction of sp³-hybridized carbons (Fsp3) is 0.478. The van der Waals surface area contributed by atoms with E-state index in [4.69, 9.17) is 4.74 Å². The molecule has 2 aromatic rings. The zero-order valence-corrected chi connectivity index (χ0v) is 19.0. The lowest BCUT2D eigenvalue weighted by atomic mass is 9.79. The minimum Gasteiger partial charge on any atom is -0.497 e. The van der Waals surface area contributed by atoms with Crippen molar-refractivity contribution in [3.8, 4) is 5.75 Å². The Bertz CT molecular complexity index is 1030. The molecule has 0 saturated carbocycles. The van der Waals surface area contributed by atoms with E-state index in [1.807, 2.05) is 52.8 Å². The van der Waals surface area contributed by atoms with Gasteiger partial charge in [0.05, 0.1) is 12.0 Å². The van der Waals surface area contributed by atoms with Crippen molar-refractivity contribution in [2.75, 3.05) is 13.7 Å². The maximum absolute atomic E-state index is 13.2. The first kappa shape index (κ1) is 21.8. The highest BCUT2D eigenvalue weighted by Gasteiger charge is 2.36. The Kier molecular flexibility index (Phi) is 5.82. The van der Waals surface area contributed by atoms with Crippen molar-refractivity contribution in [1.82, 2.24) is 4.72 Å². The first-order valence-electron chi connectivity index (χ1n) is 9.98. The van der Waals surface area contributed by atoms with Crippen molar-refractivity contribution < 1.29 is 18.3 Å². The average molecular weight is 418 g/mol. The number of rotatable bonds is 5. The molecule has 2 aromatic carbocycles. The normalized spacial score (nSPS) is 19.1. The first-order chi connectivity index (χ1) is 13.5. The van der Waals surface area contributed by atoms with Crippen LogP contribution in [0.4, 0.5) is 0 Å². The summed E-state index contributed by atoms with van der Waals surface area (Å²) in [5.74, 6) is 0.741. The van der Waals surface area contributed by atoms with Crippen LogP contribution >= 0.6 is 0 Å². The van der Waals surface area contributed by atoms with Gasteiger partial charge < -0.3 is 9.84 Å². The van der Waals surface area contributed by atoms with Gasteiger partial charge in [-0.1, -0.05) is 6.07 Å². The lowest BCUT2D eigenvalue weighted by Crippen LogP contribution is -2.43. The molecule has 6 heteroatoms. The largest absolute Gasteiger partial charge is 0.497 e. The third-order valence-electron chi connectivity index (χ3n) is 6.60. The van der Waals surface area contributed by atoms with Crippen LogP contribution in [0.15, 0.2) is 23.1 Å². The van der Waals surface area contributed by atoms with E-state index < -0.39 is 15.6 Å². The van der Waals surface area contributed by atoms with Crippen LogP contribution in [-0.2, 0) is 22.0 Å². The molecule has 29 heavy (non-hydrogen) atoms. The highest BCUT2D eigenvalue weighted by molar-refractivity contribution is 7.89. The van der Waals surface area contributed by atoms with Crippen LogP contribution in [0.1, 0.15) is 51.8 Å². The predicted molar refractivity (Wildman–Crippen MR) is 115 cm³/mol. The zero-order chi connectivity index (χ0) is 21.6. The molecule has 1 unspecified atom stereocenters. The summed E-state index contributed by atoms with van der Waals surface area (Å²) in [4.78, 5) is 0.326. The van der Waals surface area contributed by atoms with Crippen molar-refractivity contribution in [2.45, 2.75) is 64.4 Å². The highest BCUT2D eigenvalue weighted by atomic mass is 32.2. The van der Waals surface area contributed by atoms with Gasteiger partial charge in [-0.15, -0.1) is 0 Å². The summed E-state index contributed by atoms with van der Waals surface area (Å²) in [6, 6.07) is 5.58. The van der Waals surface area contributed by atoms with Crippen LogP contribution in [-0.4, -0.2) is 27.2 Å². The Balaban J connectivity index is 1.95. The average Bonchev–Trinajstić information content (AvgIpc) is 2.69. The second-order valence-corrected chi connectivity index (χ2v) is 9.89. The van der Waals surface area contributed by atoms with Gasteiger partial charge in [0, 0.05) is 6.54 Å². The maximum atomic E-state index is 13.2. The molecule has 0 saturated heterocycles. The number of ether oxygens (including phenoxy) is 1. The molecular formula is C23H31NO4S. The molecule has 0 heterocycles. The summed E-state index contributed by atoms with van der Waals surface area (Å²) >= 11 is 0. The maximum Gasteiger partial charge on any atom is 0.241 e. The predicted octanol–water partition coefficient (Wildman–Crippen LogP) is 3.74. The number of methoxy groups -OCH3 is 1. The summed E-state index contributed by atoms with van der Waals surface area (Å²) in [7, 11) is -2.16. The summed E-state index contributed by atoms with van der Waals surface area (Å²) in [6.07, 6.45) is 2.15. The molecule has 1 aliphatic carbocycles. The molecule has 0 aliphatic heterocycles. The molecule has 3 rings (SSSR count). The van der Waals surface area contributed by atoms with E-state index in [0.29, 0.717) is 11.3 Å². The third-order valence-corrected chi connectivity index (χ3v) is 8.28. The minimum absolute atomic E-state index is 0.0560. The SMILES string of the molecule is COc1ccc2c(c1)CCCC2(O)CNS(=O)(=O)c1c(C)c(C)c(C)c(C)c1C. The highest BCUT2D eigenvalue weighted by Crippen LogP contribution is 2.37. The van der Waals surface area contributed by atoms with Crippen molar-refractivity contribution in [3.63, 3.8) is 0 Å². The van der Waals surface area contributed by atoms with Crippen LogP contribution in [0.5, 0.6) is 5.75 Å². The number of aliphatic hydroxyl groups is 1. The van der Waals surface area contributed by atoms with E-state index in [1.165, 1.54) is 0 Å². The summed E-state index contributed by atoms with van der Waals surface area (Å²) in [5.41, 5.74) is 5.17. The molecule has 158 valence electrons. The number of fused-ring (bicyclic) bond motifs is 1. The van der Waals surface area contributed by atoms with E-state index in [0.717, 1.165) is 57.5 Å². The Morgan fingerprint density at radius 1 is 1.03 bits per heavy atom. The number of nitrogens with one attached hydrogen (secondary N) is 1. The molecule has 0 aromatic heterocycles. The van der Waals surface area contributed by atoms with Gasteiger partial charge in [-0.2, -0.15) is 0 Å². The third kappa shape index (κ3) is 3.81. The van der Waals surface area contributed by atoms with Gasteiger partial charge in [0.15, 0.2) is 0 Å². The molecule has 0 radical (unpaired) electrons. The van der Waals surface area contributed by atoms with Crippen LogP contribution < -0.4 is 9.46 Å². The van der Waals surface area contributed by atoms with Gasteiger partial charge in [0.25, 0.3) is 0 Å². The van der Waals surface area contributed by atoms with Crippen molar-refractivity contribution >= 4 is 10.0 Å². The summed E-state index contributed by atoms with van der Waals surface area (Å²) in [6.45, 7) is 9.56.